The van der Waals surface area contributed by atoms with Gasteiger partial charge >= 0.3 is 0 Å². The van der Waals surface area contributed by atoms with E-state index in [0.29, 0.717) is 17.1 Å². The van der Waals surface area contributed by atoms with E-state index < -0.39 is 23.5 Å². The van der Waals surface area contributed by atoms with E-state index in [-0.39, 0.29) is 24.0 Å². The summed E-state index contributed by atoms with van der Waals surface area (Å²) < 4.78 is 5.41. The number of nitrogens with one attached hydrogen (secondary N) is 2. The molecule has 198 valence electrons. The number of benzene rings is 2. The van der Waals surface area contributed by atoms with Crippen LogP contribution in [0.25, 0.3) is 0 Å². The molecule has 2 heterocycles. The lowest BCUT2D eigenvalue weighted by molar-refractivity contribution is -0.301. The SMILES string of the molecule is C=CCCC(O)(C(=O)NC)N1C(=O)c2cccc(NCc3cccc(CN4CCOCC4)c3)c2C1(O)O. The average molecular weight is 511 g/mol. The number of morpholine rings is 1. The lowest BCUT2D eigenvalue weighted by Crippen LogP contribution is -2.64. The molecule has 5 N–H and O–H groups in total. The zero-order valence-corrected chi connectivity index (χ0v) is 20.9. The second kappa shape index (κ2) is 11.0. The number of likely N-dealkylation sites (N-methyl/N-ethyl adjacent to an activating group) is 1. The average Bonchev–Trinajstić information content (AvgIpc) is 3.12. The Bertz CT molecular complexity index is 1160. The van der Waals surface area contributed by atoms with Crippen molar-refractivity contribution in [2.24, 2.45) is 0 Å². The number of hydrogen-bond donors (Lipinski definition) is 5. The molecule has 2 aliphatic rings. The van der Waals surface area contributed by atoms with Crippen LogP contribution in [0, 0.1) is 0 Å². The van der Waals surface area contributed by atoms with Crippen LogP contribution in [0.3, 0.4) is 0 Å². The molecule has 1 atom stereocenters. The fraction of sp³-hybridized carbons (Fsp3) is 0.407. The number of ether oxygens (including phenoxy) is 1. The molecule has 0 aromatic heterocycles. The van der Waals surface area contributed by atoms with E-state index >= 15 is 0 Å². The monoisotopic (exact) mass is 510 g/mol. The molecule has 10 heteroatoms. The Labute approximate surface area is 216 Å². The van der Waals surface area contributed by atoms with E-state index in [1.54, 1.807) is 12.1 Å². The smallest absolute Gasteiger partial charge is 0.283 e. The third-order valence-corrected chi connectivity index (χ3v) is 6.79. The maximum absolute atomic E-state index is 13.3. The van der Waals surface area contributed by atoms with Gasteiger partial charge in [0.1, 0.15) is 0 Å². The number of carbonyl (C=O) groups is 2. The van der Waals surface area contributed by atoms with Gasteiger partial charge in [0, 0.05) is 45.3 Å². The van der Waals surface area contributed by atoms with Crippen LogP contribution in [0.4, 0.5) is 5.69 Å². The summed E-state index contributed by atoms with van der Waals surface area (Å²) >= 11 is 0. The van der Waals surface area contributed by atoms with Crippen LogP contribution in [-0.4, -0.2) is 76.0 Å². The van der Waals surface area contributed by atoms with Gasteiger partial charge in [-0.2, -0.15) is 0 Å². The van der Waals surface area contributed by atoms with Crippen LogP contribution >= 0.6 is 0 Å². The number of fused-ring (bicyclic) bond motifs is 1. The van der Waals surface area contributed by atoms with E-state index in [2.05, 4.69) is 34.2 Å². The Balaban J connectivity index is 1.58. The molecule has 0 bridgehead atoms. The topological polar surface area (TPSA) is 135 Å². The Morgan fingerprint density at radius 2 is 1.89 bits per heavy atom. The number of carbonyl (C=O) groups excluding carboxylic acids is 2. The largest absolute Gasteiger partial charge is 0.380 e. The van der Waals surface area contributed by atoms with Gasteiger partial charge in [-0.3, -0.25) is 14.5 Å². The number of nitrogens with zero attached hydrogens (tertiary/aromatic N) is 2. The molecular weight excluding hydrogens is 476 g/mol. The number of amides is 2. The van der Waals surface area contributed by atoms with Gasteiger partial charge < -0.3 is 30.7 Å². The van der Waals surface area contributed by atoms with Gasteiger partial charge in [-0.15, -0.1) is 6.58 Å². The molecule has 2 aromatic rings. The van der Waals surface area contributed by atoms with Crippen molar-refractivity contribution < 1.29 is 29.6 Å². The molecule has 4 rings (SSSR count). The minimum atomic E-state index is -2.93. The molecule has 37 heavy (non-hydrogen) atoms. The van der Waals surface area contributed by atoms with Crippen molar-refractivity contribution >= 4 is 17.5 Å². The molecule has 10 nitrogen and oxygen atoms in total. The van der Waals surface area contributed by atoms with Crippen LogP contribution in [0.5, 0.6) is 0 Å². The molecule has 0 aliphatic carbocycles. The zero-order valence-electron chi connectivity index (χ0n) is 20.9. The van der Waals surface area contributed by atoms with E-state index in [4.69, 9.17) is 4.74 Å². The van der Waals surface area contributed by atoms with Crippen molar-refractivity contribution in [2.75, 3.05) is 38.7 Å². The molecule has 2 aliphatic heterocycles. The summed E-state index contributed by atoms with van der Waals surface area (Å²) in [5, 5.41) is 39.1. The third-order valence-electron chi connectivity index (χ3n) is 6.79. The number of aliphatic hydroxyl groups is 3. The van der Waals surface area contributed by atoms with Gasteiger partial charge in [-0.25, -0.2) is 4.90 Å². The minimum absolute atomic E-state index is 0.0167. The van der Waals surface area contributed by atoms with Crippen molar-refractivity contribution in [3.63, 3.8) is 0 Å². The van der Waals surface area contributed by atoms with Crippen molar-refractivity contribution in [3.05, 3.63) is 77.4 Å². The van der Waals surface area contributed by atoms with Gasteiger partial charge in [0.2, 0.25) is 5.72 Å². The summed E-state index contributed by atoms with van der Waals surface area (Å²) in [6.45, 7) is 7.96. The first kappa shape index (κ1) is 26.8. The van der Waals surface area contributed by atoms with Crippen LogP contribution in [0.15, 0.2) is 55.1 Å². The third kappa shape index (κ3) is 5.25. The number of anilines is 1. The fourth-order valence-corrected chi connectivity index (χ4v) is 4.92. The second-order valence-electron chi connectivity index (χ2n) is 9.29. The van der Waals surface area contributed by atoms with Crippen molar-refractivity contribution in [1.82, 2.24) is 15.1 Å². The summed E-state index contributed by atoms with van der Waals surface area (Å²) in [6.07, 6.45) is 1.36. The highest BCUT2D eigenvalue weighted by atomic mass is 16.5. The highest BCUT2D eigenvalue weighted by Crippen LogP contribution is 2.44. The normalized spacial score (nSPS) is 18.7. The zero-order chi connectivity index (χ0) is 26.6. The first-order chi connectivity index (χ1) is 17.7. The van der Waals surface area contributed by atoms with E-state index in [0.717, 1.165) is 44.0 Å². The highest BCUT2D eigenvalue weighted by Gasteiger charge is 2.60. The van der Waals surface area contributed by atoms with Crippen LogP contribution in [-0.2, 0) is 28.5 Å². The fourth-order valence-electron chi connectivity index (χ4n) is 4.92. The molecule has 2 aromatic carbocycles. The first-order valence-electron chi connectivity index (χ1n) is 12.3. The predicted molar refractivity (Wildman–Crippen MR) is 137 cm³/mol. The number of hydrogen-bond acceptors (Lipinski definition) is 8. The van der Waals surface area contributed by atoms with Gasteiger partial charge in [-0.1, -0.05) is 36.4 Å². The van der Waals surface area contributed by atoms with Gasteiger partial charge in [0.05, 0.1) is 24.3 Å². The molecule has 0 saturated carbocycles. The molecule has 1 unspecified atom stereocenters. The van der Waals surface area contributed by atoms with Crippen LogP contribution in [0.1, 0.15) is 39.9 Å². The van der Waals surface area contributed by atoms with Crippen molar-refractivity contribution in [1.29, 1.82) is 0 Å². The predicted octanol–water partition coefficient (Wildman–Crippen LogP) is 1.08. The van der Waals surface area contributed by atoms with Gasteiger partial charge in [0.15, 0.2) is 0 Å². The van der Waals surface area contributed by atoms with E-state index in [1.165, 1.54) is 19.2 Å². The number of allylic oxidation sites excluding steroid dienone is 1. The van der Waals surface area contributed by atoms with Crippen LogP contribution in [0.2, 0.25) is 0 Å². The quantitative estimate of drug-likeness (QED) is 0.237. The van der Waals surface area contributed by atoms with Gasteiger partial charge in [-0.05, 0) is 29.7 Å². The Hall–Kier alpha value is -3.28. The summed E-state index contributed by atoms with van der Waals surface area (Å²) in [4.78, 5) is 28.7. The molecular formula is C27H34N4O6. The highest BCUT2D eigenvalue weighted by molar-refractivity contribution is 6.04. The molecule has 1 saturated heterocycles. The van der Waals surface area contributed by atoms with Gasteiger partial charge in [0.25, 0.3) is 17.7 Å². The summed E-state index contributed by atoms with van der Waals surface area (Å²) in [5.41, 5.74) is -0.216. The first-order valence-corrected chi connectivity index (χ1v) is 12.3. The standard InChI is InChI=1S/C27H34N4O6/c1-3-4-11-26(34,25(33)28-2)31-24(32)21-9-6-10-22(23(21)27(31,35)36)29-17-19-7-5-8-20(16-19)18-30-12-14-37-15-13-30/h3,5-10,16,29,34-36H,1,4,11-15,17-18H2,2H3,(H,28,33). The molecule has 0 spiro atoms. The lowest BCUT2D eigenvalue weighted by atomic mass is 10.0. The summed E-state index contributed by atoms with van der Waals surface area (Å²) in [7, 11) is 1.30. The van der Waals surface area contributed by atoms with E-state index in [1.807, 2.05) is 12.1 Å². The van der Waals surface area contributed by atoms with Crippen molar-refractivity contribution in [3.8, 4) is 0 Å². The summed E-state index contributed by atoms with van der Waals surface area (Å²) in [5.74, 6) is -4.74. The van der Waals surface area contributed by atoms with Crippen LogP contribution < -0.4 is 10.6 Å². The minimum Gasteiger partial charge on any atom is -0.380 e. The second-order valence-corrected chi connectivity index (χ2v) is 9.29. The maximum atomic E-state index is 13.3. The molecule has 0 radical (unpaired) electrons. The lowest BCUT2D eigenvalue weighted by Gasteiger charge is -2.41. The Morgan fingerprint density at radius 3 is 2.59 bits per heavy atom. The van der Waals surface area contributed by atoms with Crippen molar-refractivity contribution in [2.45, 2.75) is 37.6 Å². The molecule has 2 amide bonds. The number of rotatable bonds is 10. The molecule has 1 fully saturated rings. The Morgan fingerprint density at radius 1 is 1.19 bits per heavy atom. The van der Waals surface area contributed by atoms with E-state index in [9.17, 15) is 24.9 Å². The Kier molecular flexibility index (Phi) is 7.96. The summed E-state index contributed by atoms with van der Waals surface area (Å²) in [6, 6.07) is 12.7. The maximum Gasteiger partial charge on any atom is 0.283 e.